The zero-order valence-electron chi connectivity index (χ0n) is 21.0. The van der Waals surface area contributed by atoms with E-state index in [0.717, 1.165) is 36.1 Å². The molecule has 11 heteroatoms. The molecule has 200 valence electrons. The van der Waals surface area contributed by atoms with Crippen molar-refractivity contribution in [2.75, 3.05) is 11.9 Å². The summed E-state index contributed by atoms with van der Waals surface area (Å²) in [5, 5.41) is 23.9. The van der Waals surface area contributed by atoms with E-state index in [-0.39, 0.29) is 24.5 Å². The second-order valence-corrected chi connectivity index (χ2v) is 10.7. The van der Waals surface area contributed by atoms with Crippen LogP contribution in [0.3, 0.4) is 0 Å². The maximum Gasteiger partial charge on any atom is 0.341 e. The van der Waals surface area contributed by atoms with Crippen LogP contribution in [0.15, 0.2) is 52.5 Å². The van der Waals surface area contributed by atoms with Gasteiger partial charge in [0.1, 0.15) is 29.0 Å². The summed E-state index contributed by atoms with van der Waals surface area (Å²) in [5.41, 5.74) is 2.29. The van der Waals surface area contributed by atoms with Crippen molar-refractivity contribution in [3.8, 4) is 11.8 Å². The van der Waals surface area contributed by atoms with E-state index >= 15 is 0 Å². The van der Waals surface area contributed by atoms with Crippen LogP contribution in [0.4, 0.5) is 10.7 Å². The molecule has 1 aromatic heterocycles. The summed E-state index contributed by atoms with van der Waals surface area (Å²) in [4.78, 5) is 37.4. The Hall–Kier alpha value is -4.01. The van der Waals surface area contributed by atoms with E-state index in [9.17, 15) is 25.0 Å². The Morgan fingerprint density at radius 3 is 2.64 bits per heavy atom. The number of amides is 1. The first kappa shape index (κ1) is 28.0. The van der Waals surface area contributed by atoms with Gasteiger partial charge in [-0.15, -0.1) is 11.3 Å². The molecule has 0 radical (unpaired) electrons. The third-order valence-electron chi connectivity index (χ3n) is 6.06. The van der Waals surface area contributed by atoms with Crippen LogP contribution in [0.1, 0.15) is 51.7 Å². The van der Waals surface area contributed by atoms with E-state index in [1.807, 2.05) is 6.07 Å². The number of esters is 1. The van der Waals surface area contributed by atoms with Crippen LogP contribution in [0.25, 0.3) is 6.08 Å². The number of nitro benzene ring substituents is 1. The van der Waals surface area contributed by atoms with Gasteiger partial charge >= 0.3 is 5.97 Å². The topological polar surface area (TPSA) is 132 Å². The highest BCUT2D eigenvalue weighted by Gasteiger charge is 2.28. The molecule has 0 aliphatic heterocycles. The summed E-state index contributed by atoms with van der Waals surface area (Å²) in [5.74, 6) is -0.720. The minimum atomic E-state index is -0.650. The number of aryl methyl sites for hydroxylation is 1. The van der Waals surface area contributed by atoms with Crippen molar-refractivity contribution in [1.82, 2.24) is 0 Å². The summed E-state index contributed by atoms with van der Waals surface area (Å²) in [6, 6.07) is 13.1. The highest BCUT2D eigenvalue weighted by Crippen LogP contribution is 2.39. The third kappa shape index (κ3) is 6.71. The lowest BCUT2D eigenvalue weighted by Gasteiger charge is -2.12. The molecule has 2 aromatic carbocycles. The SMILES string of the molecule is CCOC(=O)c1c(NC(=O)/C(C#N)=C/c2cc(Br)ccc2OCc2ccc([N+](=O)[O-])cc2)sc2c1CCCC2. The summed E-state index contributed by atoms with van der Waals surface area (Å²) in [6.07, 6.45) is 4.96. The van der Waals surface area contributed by atoms with Crippen molar-refractivity contribution in [3.05, 3.63) is 89.8 Å². The van der Waals surface area contributed by atoms with E-state index in [1.54, 1.807) is 37.3 Å². The second kappa shape index (κ2) is 12.7. The predicted octanol–water partition coefficient (Wildman–Crippen LogP) is 6.60. The smallest absolute Gasteiger partial charge is 0.341 e. The molecule has 1 heterocycles. The van der Waals surface area contributed by atoms with E-state index in [1.165, 1.54) is 29.5 Å². The minimum Gasteiger partial charge on any atom is -0.488 e. The molecule has 0 spiro atoms. The Morgan fingerprint density at radius 1 is 1.21 bits per heavy atom. The van der Waals surface area contributed by atoms with Crippen LogP contribution in [0.5, 0.6) is 5.75 Å². The van der Waals surface area contributed by atoms with Gasteiger partial charge in [0.25, 0.3) is 11.6 Å². The summed E-state index contributed by atoms with van der Waals surface area (Å²) < 4.78 is 11.9. The number of halogens is 1. The maximum absolute atomic E-state index is 13.2. The van der Waals surface area contributed by atoms with Gasteiger partial charge in [-0.2, -0.15) is 5.26 Å². The molecule has 0 bridgehead atoms. The molecule has 0 atom stereocenters. The van der Waals surface area contributed by atoms with E-state index in [4.69, 9.17) is 9.47 Å². The Bertz CT molecular complexity index is 1490. The molecule has 1 aliphatic rings. The average molecular weight is 610 g/mol. The Kier molecular flexibility index (Phi) is 9.11. The summed E-state index contributed by atoms with van der Waals surface area (Å²) >= 11 is 4.76. The lowest BCUT2D eigenvalue weighted by Crippen LogP contribution is -2.16. The van der Waals surface area contributed by atoms with Gasteiger partial charge in [-0.1, -0.05) is 15.9 Å². The molecule has 9 nitrogen and oxygen atoms in total. The molecule has 0 fully saturated rings. The van der Waals surface area contributed by atoms with Crippen molar-refractivity contribution in [3.63, 3.8) is 0 Å². The van der Waals surface area contributed by atoms with Crippen molar-refractivity contribution >= 4 is 55.9 Å². The number of hydrogen-bond acceptors (Lipinski definition) is 8. The monoisotopic (exact) mass is 609 g/mol. The molecule has 0 saturated heterocycles. The number of nitrogens with one attached hydrogen (secondary N) is 1. The Balaban J connectivity index is 1.58. The number of carbonyl (C=O) groups is 2. The number of benzene rings is 2. The normalized spacial score (nSPS) is 12.7. The lowest BCUT2D eigenvalue weighted by molar-refractivity contribution is -0.384. The highest BCUT2D eigenvalue weighted by molar-refractivity contribution is 9.10. The van der Waals surface area contributed by atoms with Gasteiger partial charge in [0.2, 0.25) is 0 Å². The number of nitro groups is 1. The molecule has 0 saturated carbocycles. The molecule has 4 rings (SSSR count). The standard InChI is InChI=1S/C28H24BrN3O6S/c1-2-37-28(34)25-22-5-3-4-6-24(22)39-27(25)31-26(33)19(15-30)13-18-14-20(29)9-12-23(18)38-16-17-7-10-21(11-8-17)32(35)36/h7-14H,2-6,16H2,1H3,(H,31,33)/b19-13+. The van der Waals surface area contributed by atoms with Crippen molar-refractivity contribution in [2.45, 2.75) is 39.2 Å². The van der Waals surface area contributed by atoms with Crippen LogP contribution in [-0.2, 0) is 29.0 Å². The number of carbonyl (C=O) groups excluding carboxylic acids is 2. The van der Waals surface area contributed by atoms with Gasteiger partial charge in [-0.05, 0) is 80.1 Å². The van der Waals surface area contributed by atoms with Gasteiger partial charge in [0.05, 0.1) is 17.1 Å². The molecule has 39 heavy (non-hydrogen) atoms. The number of hydrogen-bond donors (Lipinski definition) is 1. The van der Waals surface area contributed by atoms with Crippen LogP contribution >= 0.6 is 27.3 Å². The van der Waals surface area contributed by atoms with Gasteiger partial charge in [0.15, 0.2) is 0 Å². The number of ether oxygens (including phenoxy) is 2. The van der Waals surface area contributed by atoms with Crippen molar-refractivity contribution in [1.29, 1.82) is 5.26 Å². The number of non-ortho nitro benzene ring substituents is 1. The first-order chi connectivity index (χ1) is 18.8. The van der Waals surface area contributed by atoms with E-state index in [2.05, 4.69) is 21.2 Å². The van der Waals surface area contributed by atoms with Crippen LogP contribution in [0, 0.1) is 21.4 Å². The number of nitrogens with zero attached hydrogens (tertiary/aromatic N) is 2. The fourth-order valence-electron chi connectivity index (χ4n) is 4.19. The minimum absolute atomic E-state index is 0.0200. The molecule has 1 amide bonds. The fraction of sp³-hybridized carbons (Fsp3) is 0.250. The number of fused-ring (bicyclic) bond motifs is 1. The number of nitriles is 1. The zero-order chi connectivity index (χ0) is 27.9. The Labute approximate surface area is 237 Å². The highest BCUT2D eigenvalue weighted by atomic mass is 79.9. The van der Waals surface area contributed by atoms with Gasteiger partial charge in [-0.25, -0.2) is 4.79 Å². The average Bonchev–Trinajstić information content (AvgIpc) is 3.29. The lowest BCUT2D eigenvalue weighted by atomic mass is 9.95. The summed E-state index contributed by atoms with van der Waals surface area (Å²) in [6.45, 7) is 2.06. The summed E-state index contributed by atoms with van der Waals surface area (Å²) in [7, 11) is 0. The van der Waals surface area contributed by atoms with Crippen LogP contribution in [-0.4, -0.2) is 23.4 Å². The number of anilines is 1. The van der Waals surface area contributed by atoms with Gasteiger partial charge in [0, 0.05) is 27.0 Å². The molecular weight excluding hydrogens is 586 g/mol. The third-order valence-corrected chi connectivity index (χ3v) is 7.76. The van der Waals surface area contributed by atoms with Gasteiger partial charge < -0.3 is 14.8 Å². The molecule has 1 N–H and O–H groups in total. The number of thiophene rings is 1. The van der Waals surface area contributed by atoms with E-state index < -0.39 is 16.8 Å². The molecule has 0 unspecified atom stereocenters. The molecule has 1 aliphatic carbocycles. The second-order valence-electron chi connectivity index (χ2n) is 8.65. The Morgan fingerprint density at radius 2 is 1.95 bits per heavy atom. The molecule has 3 aromatic rings. The van der Waals surface area contributed by atoms with Crippen LogP contribution < -0.4 is 10.1 Å². The van der Waals surface area contributed by atoms with Gasteiger partial charge in [-0.3, -0.25) is 14.9 Å². The first-order valence-electron chi connectivity index (χ1n) is 12.2. The molecular formula is C28H24BrN3O6S. The predicted molar refractivity (Wildman–Crippen MR) is 151 cm³/mol. The van der Waals surface area contributed by atoms with E-state index in [0.29, 0.717) is 31.9 Å². The maximum atomic E-state index is 13.2. The van der Waals surface area contributed by atoms with Crippen molar-refractivity contribution in [2.24, 2.45) is 0 Å². The quantitative estimate of drug-likeness (QED) is 0.0950. The largest absolute Gasteiger partial charge is 0.488 e. The first-order valence-corrected chi connectivity index (χ1v) is 13.8. The zero-order valence-corrected chi connectivity index (χ0v) is 23.4. The van der Waals surface area contributed by atoms with Crippen LogP contribution in [0.2, 0.25) is 0 Å². The van der Waals surface area contributed by atoms with Crippen molar-refractivity contribution < 1.29 is 24.0 Å². The fourth-order valence-corrected chi connectivity index (χ4v) is 5.84. The number of rotatable bonds is 9.